The van der Waals surface area contributed by atoms with Crippen LogP contribution < -0.4 is 4.74 Å². The number of hydrogen-bond donors (Lipinski definition) is 0. The van der Waals surface area contributed by atoms with Crippen molar-refractivity contribution in [1.29, 1.82) is 0 Å². The quantitative estimate of drug-likeness (QED) is 0.731. The van der Waals surface area contributed by atoms with E-state index in [-0.39, 0.29) is 24.5 Å². The van der Waals surface area contributed by atoms with Gasteiger partial charge >= 0.3 is 5.97 Å². The lowest BCUT2D eigenvalue weighted by atomic mass is 9.92. The maximum atomic E-state index is 13.1. The Labute approximate surface area is 150 Å². The first kappa shape index (κ1) is 19.3. The number of ether oxygens (including phenoxy) is 2. The summed E-state index contributed by atoms with van der Waals surface area (Å²) in [6.45, 7) is 5.65. The molecule has 0 heterocycles. The maximum Gasteiger partial charge on any atom is 0.302 e. The lowest BCUT2D eigenvalue weighted by Crippen LogP contribution is -2.45. The highest BCUT2D eigenvalue weighted by Gasteiger charge is 2.28. The summed E-state index contributed by atoms with van der Waals surface area (Å²) in [5.74, 6) is 0.268. The molecular formula is C20H29NO4. The molecule has 0 saturated heterocycles. The number of carbonyl (C=O) groups is 2. The summed E-state index contributed by atoms with van der Waals surface area (Å²) in [5.41, 5.74) is 1.37. The van der Waals surface area contributed by atoms with Gasteiger partial charge in [-0.25, -0.2) is 0 Å². The maximum absolute atomic E-state index is 13.1. The second-order valence-corrected chi connectivity index (χ2v) is 6.90. The summed E-state index contributed by atoms with van der Waals surface area (Å²) in [7, 11) is 1.56. The molecule has 1 aliphatic rings. The number of amides is 1. The number of carbonyl (C=O) groups excluding carboxylic acids is 2. The Balaban J connectivity index is 2.22. The molecule has 5 nitrogen and oxygen atoms in total. The van der Waals surface area contributed by atoms with Gasteiger partial charge in [0.2, 0.25) is 0 Å². The molecule has 0 unspecified atom stereocenters. The van der Waals surface area contributed by atoms with Crippen LogP contribution in [0.5, 0.6) is 5.75 Å². The summed E-state index contributed by atoms with van der Waals surface area (Å²) in [4.78, 5) is 26.1. The van der Waals surface area contributed by atoms with Crippen molar-refractivity contribution in [1.82, 2.24) is 4.90 Å². The van der Waals surface area contributed by atoms with Crippen LogP contribution in [0.25, 0.3) is 0 Å². The van der Waals surface area contributed by atoms with Crippen LogP contribution in [0.3, 0.4) is 0 Å². The normalized spacial score (nSPS) is 15.1. The summed E-state index contributed by atoms with van der Waals surface area (Å²) in [6, 6.07) is 5.81. The third-order valence-corrected chi connectivity index (χ3v) is 4.72. The van der Waals surface area contributed by atoms with Gasteiger partial charge in [0.25, 0.3) is 5.91 Å². The van der Waals surface area contributed by atoms with Gasteiger partial charge in [0, 0.05) is 30.1 Å². The van der Waals surface area contributed by atoms with Gasteiger partial charge in [0.1, 0.15) is 12.4 Å². The second kappa shape index (κ2) is 8.88. The fourth-order valence-corrected chi connectivity index (χ4v) is 3.51. The molecule has 1 fully saturated rings. The van der Waals surface area contributed by atoms with E-state index >= 15 is 0 Å². The molecule has 1 saturated carbocycles. The molecule has 138 valence electrons. The van der Waals surface area contributed by atoms with Gasteiger partial charge in [-0.15, -0.1) is 0 Å². The number of esters is 1. The van der Waals surface area contributed by atoms with Gasteiger partial charge in [0.05, 0.1) is 7.11 Å². The number of benzene rings is 1. The van der Waals surface area contributed by atoms with E-state index in [0.717, 1.165) is 18.4 Å². The Kier molecular flexibility index (Phi) is 6.85. The van der Waals surface area contributed by atoms with Crippen molar-refractivity contribution in [3.05, 3.63) is 29.3 Å². The van der Waals surface area contributed by atoms with E-state index in [1.54, 1.807) is 25.3 Å². The molecule has 1 aromatic carbocycles. The van der Waals surface area contributed by atoms with Gasteiger partial charge in [-0.3, -0.25) is 9.59 Å². The van der Waals surface area contributed by atoms with Crippen LogP contribution in [-0.4, -0.2) is 36.0 Å². The van der Waals surface area contributed by atoms with Gasteiger partial charge in [-0.1, -0.05) is 25.3 Å². The fraction of sp³-hybridized carbons (Fsp3) is 0.600. The molecule has 0 atom stereocenters. The highest BCUT2D eigenvalue weighted by molar-refractivity contribution is 5.95. The molecule has 1 aromatic rings. The predicted octanol–water partition coefficient (Wildman–Crippen LogP) is 3.94. The summed E-state index contributed by atoms with van der Waals surface area (Å²) in [6.07, 6.45) is 5.78. The van der Waals surface area contributed by atoms with Crippen LogP contribution >= 0.6 is 0 Å². The zero-order valence-corrected chi connectivity index (χ0v) is 15.7. The van der Waals surface area contributed by atoms with Gasteiger partial charge in [0.15, 0.2) is 0 Å². The highest BCUT2D eigenvalue weighted by atomic mass is 16.5. The molecule has 0 radical (unpaired) electrons. The Morgan fingerprint density at radius 2 is 1.88 bits per heavy atom. The molecule has 0 aromatic heterocycles. The van der Waals surface area contributed by atoms with E-state index in [0.29, 0.717) is 17.4 Å². The smallest absolute Gasteiger partial charge is 0.302 e. The van der Waals surface area contributed by atoms with E-state index in [2.05, 4.69) is 13.8 Å². The highest BCUT2D eigenvalue weighted by Crippen LogP contribution is 2.28. The molecular weight excluding hydrogens is 318 g/mol. The van der Waals surface area contributed by atoms with E-state index in [1.807, 2.05) is 4.90 Å². The minimum Gasteiger partial charge on any atom is -0.496 e. The van der Waals surface area contributed by atoms with E-state index < -0.39 is 0 Å². The Bertz CT molecular complexity index is 606. The minimum absolute atomic E-state index is 0.0410. The molecule has 2 rings (SSSR count). The van der Waals surface area contributed by atoms with Crippen molar-refractivity contribution in [3.63, 3.8) is 0 Å². The second-order valence-electron chi connectivity index (χ2n) is 6.90. The van der Waals surface area contributed by atoms with Gasteiger partial charge < -0.3 is 14.4 Å². The summed E-state index contributed by atoms with van der Waals surface area (Å²) in [5, 5.41) is 0. The van der Waals surface area contributed by atoms with Crippen molar-refractivity contribution in [3.8, 4) is 5.75 Å². The van der Waals surface area contributed by atoms with Crippen LogP contribution in [0.4, 0.5) is 0 Å². The molecule has 25 heavy (non-hydrogen) atoms. The lowest BCUT2D eigenvalue weighted by molar-refractivity contribution is -0.142. The molecule has 0 N–H and O–H groups in total. The van der Waals surface area contributed by atoms with Crippen LogP contribution in [0.1, 0.15) is 68.8 Å². The van der Waals surface area contributed by atoms with E-state index in [4.69, 9.17) is 9.47 Å². The Morgan fingerprint density at radius 1 is 1.20 bits per heavy atom. The van der Waals surface area contributed by atoms with Crippen molar-refractivity contribution in [2.45, 2.75) is 71.6 Å². The molecule has 0 spiro atoms. The zero-order valence-electron chi connectivity index (χ0n) is 15.7. The molecule has 1 aliphatic carbocycles. The minimum atomic E-state index is -0.342. The van der Waals surface area contributed by atoms with Crippen LogP contribution in [0, 0.1) is 0 Å². The van der Waals surface area contributed by atoms with Crippen LogP contribution in [0.2, 0.25) is 0 Å². The van der Waals surface area contributed by atoms with E-state index in [9.17, 15) is 9.59 Å². The topological polar surface area (TPSA) is 55.8 Å². The lowest BCUT2D eigenvalue weighted by Gasteiger charge is -2.37. The Morgan fingerprint density at radius 3 is 2.44 bits per heavy atom. The zero-order chi connectivity index (χ0) is 18.4. The monoisotopic (exact) mass is 347 g/mol. The first-order valence-corrected chi connectivity index (χ1v) is 9.07. The average Bonchev–Trinajstić information content (AvgIpc) is 2.60. The number of methoxy groups -OCH3 is 1. The number of nitrogens with zero attached hydrogens (tertiary/aromatic N) is 1. The van der Waals surface area contributed by atoms with Gasteiger partial charge in [-0.05, 0) is 38.8 Å². The Hall–Kier alpha value is -2.04. The first-order chi connectivity index (χ1) is 11.9. The van der Waals surface area contributed by atoms with Gasteiger partial charge in [-0.2, -0.15) is 0 Å². The van der Waals surface area contributed by atoms with E-state index in [1.165, 1.54) is 26.2 Å². The third-order valence-electron chi connectivity index (χ3n) is 4.72. The summed E-state index contributed by atoms with van der Waals surface area (Å²) >= 11 is 0. The molecule has 0 aliphatic heterocycles. The largest absolute Gasteiger partial charge is 0.496 e. The number of rotatable bonds is 6. The van der Waals surface area contributed by atoms with Crippen molar-refractivity contribution in [2.75, 3.05) is 7.11 Å². The predicted molar refractivity (Wildman–Crippen MR) is 96.6 cm³/mol. The SMILES string of the molecule is COc1cc(C(=O)N(C(C)C)C2CCCCC2)ccc1COC(C)=O. The van der Waals surface area contributed by atoms with Crippen LogP contribution in [0.15, 0.2) is 18.2 Å². The fourth-order valence-electron chi connectivity index (χ4n) is 3.51. The van der Waals surface area contributed by atoms with Crippen molar-refractivity contribution in [2.24, 2.45) is 0 Å². The van der Waals surface area contributed by atoms with Crippen molar-refractivity contribution < 1.29 is 19.1 Å². The average molecular weight is 347 g/mol. The van der Waals surface area contributed by atoms with Crippen LogP contribution in [-0.2, 0) is 16.1 Å². The molecule has 5 heteroatoms. The standard InChI is InChI=1S/C20H29NO4/c1-14(2)21(18-8-6-5-7-9-18)20(23)16-10-11-17(13-25-15(3)22)19(12-16)24-4/h10-12,14,18H,5-9,13H2,1-4H3. The molecule has 1 amide bonds. The third kappa shape index (κ3) is 4.97. The van der Waals surface area contributed by atoms with Crippen molar-refractivity contribution >= 4 is 11.9 Å². The summed E-state index contributed by atoms with van der Waals surface area (Å²) < 4.78 is 10.4. The number of hydrogen-bond acceptors (Lipinski definition) is 4. The first-order valence-electron chi connectivity index (χ1n) is 9.07. The molecule has 0 bridgehead atoms.